The van der Waals surface area contributed by atoms with Gasteiger partial charge in [-0.1, -0.05) is 23.7 Å². The maximum absolute atomic E-state index is 12.2. The van der Waals surface area contributed by atoms with Crippen molar-refractivity contribution in [2.45, 2.75) is 25.5 Å². The molecule has 27 heavy (non-hydrogen) atoms. The average Bonchev–Trinajstić information content (AvgIpc) is 2.60. The zero-order valence-corrected chi connectivity index (χ0v) is 17.5. The Labute approximate surface area is 166 Å². The summed E-state index contributed by atoms with van der Waals surface area (Å²) in [6.07, 6.45) is 0. The fraction of sp³-hybridized carbons (Fsp3) is 0.556. The van der Waals surface area contributed by atoms with Crippen LogP contribution in [0.5, 0.6) is 0 Å². The third-order valence-electron chi connectivity index (χ3n) is 4.46. The first kappa shape index (κ1) is 21.5. The molecule has 1 aromatic carbocycles. The third kappa shape index (κ3) is 5.35. The van der Waals surface area contributed by atoms with Gasteiger partial charge in [-0.2, -0.15) is 0 Å². The molecule has 0 aromatic heterocycles. The molecular formula is C18H27ClN4O3S. The van der Waals surface area contributed by atoms with Crippen LogP contribution in [0.15, 0.2) is 29.3 Å². The average molecular weight is 415 g/mol. The van der Waals surface area contributed by atoms with Crippen molar-refractivity contribution in [3.63, 3.8) is 0 Å². The molecule has 0 aliphatic carbocycles. The van der Waals surface area contributed by atoms with Crippen molar-refractivity contribution < 1.29 is 13.2 Å². The quantitative estimate of drug-likeness (QED) is 0.433. The topological polar surface area (TPSA) is 90.9 Å². The Bertz CT molecular complexity index is 809. The van der Waals surface area contributed by atoms with Gasteiger partial charge in [-0.05, 0) is 32.9 Å². The monoisotopic (exact) mass is 414 g/mol. The van der Waals surface area contributed by atoms with Crippen LogP contribution < -0.4 is 10.6 Å². The Morgan fingerprint density at radius 1 is 1.30 bits per heavy atom. The van der Waals surface area contributed by atoms with Gasteiger partial charge in [-0.25, -0.2) is 8.42 Å². The summed E-state index contributed by atoms with van der Waals surface area (Å²) in [7, 11) is -3.11. The Kier molecular flexibility index (Phi) is 7.11. The number of hydrogen-bond acceptors (Lipinski definition) is 4. The van der Waals surface area contributed by atoms with Crippen molar-refractivity contribution in [2.24, 2.45) is 4.99 Å². The van der Waals surface area contributed by atoms with E-state index in [0.29, 0.717) is 49.3 Å². The second-order valence-corrected chi connectivity index (χ2v) is 10.1. The van der Waals surface area contributed by atoms with E-state index >= 15 is 0 Å². The maximum atomic E-state index is 12.2. The summed E-state index contributed by atoms with van der Waals surface area (Å²) in [5, 5.41) is 6.40. The number of aliphatic imine (C=N–C) groups is 1. The summed E-state index contributed by atoms with van der Waals surface area (Å²) in [6.45, 7) is 7.63. The lowest BCUT2D eigenvalue weighted by Crippen LogP contribution is -2.57. The van der Waals surface area contributed by atoms with Crippen LogP contribution >= 0.6 is 11.6 Å². The van der Waals surface area contributed by atoms with Crippen LogP contribution in [-0.4, -0.2) is 68.4 Å². The molecule has 2 N–H and O–H groups in total. The molecule has 0 unspecified atom stereocenters. The lowest BCUT2D eigenvalue weighted by atomic mass is 10.2. The summed E-state index contributed by atoms with van der Waals surface area (Å²) >= 11 is 6.02. The highest BCUT2D eigenvalue weighted by molar-refractivity contribution is 7.92. The minimum Gasteiger partial charge on any atom is -0.357 e. The molecule has 1 saturated heterocycles. The molecule has 1 aliphatic rings. The first-order valence-corrected chi connectivity index (χ1v) is 11.0. The van der Waals surface area contributed by atoms with Gasteiger partial charge in [0.15, 0.2) is 15.8 Å². The molecule has 1 heterocycles. The van der Waals surface area contributed by atoms with Crippen molar-refractivity contribution in [1.82, 2.24) is 15.5 Å². The highest BCUT2D eigenvalue weighted by Crippen LogP contribution is 2.23. The summed E-state index contributed by atoms with van der Waals surface area (Å²) < 4.78 is 23.5. The number of nitrogens with zero attached hydrogens (tertiary/aromatic N) is 2. The molecule has 0 spiro atoms. The van der Waals surface area contributed by atoms with E-state index in [1.54, 1.807) is 38.1 Å². The minimum atomic E-state index is -3.11. The summed E-state index contributed by atoms with van der Waals surface area (Å²) in [6, 6.07) is 6.87. The molecule has 1 fully saturated rings. The fourth-order valence-electron chi connectivity index (χ4n) is 2.82. The van der Waals surface area contributed by atoms with Crippen LogP contribution in [0.4, 0.5) is 0 Å². The summed E-state index contributed by atoms with van der Waals surface area (Å²) in [4.78, 5) is 18.6. The molecule has 1 aromatic rings. The predicted octanol–water partition coefficient (Wildman–Crippen LogP) is 1.54. The largest absolute Gasteiger partial charge is 0.357 e. The predicted molar refractivity (Wildman–Crippen MR) is 109 cm³/mol. The number of benzene rings is 1. The number of nitrogens with one attached hydrogen (secondary N) is 2. The van der Waals surface area contributed by atoms with Gasteiger partial charge in [0.2, 0.25) is 0 Å². The molecule has 7 nitrogen and oxygen atoms in total. The van der Waals surface area contributed by atoms with Crippen molar-refractivity contribution in [3.8, 4) is 0 Å². The van der Waals surface area contributed by atoms with Gasteiger partial charge in [0.05, 0.1) is 27.6 Å². The Balaban J connectivity index is 1.96. The van der Waals surface area contributed by atoms with E-state index in [1.807, 2.05) is 11.8 Å². The van der Waals surface area contributed by atoms with Crippen LogP contribution in [0.2, 0.25) is 5.02 Å². The zero-order chi connectivity index (χ0) is 20.1. The molecule has 1 amide bonds. The number of carbonyl (C=O) groups excluding carboxylic acids is 1. The van der Waals surface area contributed by atoms with Crippen LogP contribution in [0.1, 0.15) is 31.1 Å². The van der Waals surface area contributed by atoms with E-state index in [0.717, 1.165) is 0 Å². The Hall–Kier alpha value is -1.80. The number of amides is 1. The number of guanidine groups is 1. The molecule has 0 saturated carbocycles. The SMILES string of the molecule is CCNC(=NCCNC(=O)c1ccccc1Cl)N1CCS(=O)(=O)C(C)(C)C1. The number of sulfone groups is 1. The van der Waals surface area contributed by atoms with E-state index in [2.05, 4.69) is 15.6 Å². The van der Waals surface area contributed by atoms with Crippen LogP contribution in [0, 0.1) is 0 Å². The van der Waals surface area contributed by atoms with Gasteiger partial charge in [-0.3, -0.25) is 9.79 Å². The number of rotatable bonds is 5. The van der Waals surface area contributed by atoms with Crippen molar-refractivity contribution >= 4 is 33.3 Å². The third-order valence-corrected chi connectivity index (χ3v) is 7.32. The van der Waals surface area contributed by atoms with Crippen molar-refractivity contribution in [1.29, 1.82) is 0 Å². The maximum Gasteiger partial charge on any atom is 0.252 e. The van der Waals surface area contributed by atoms with E-state index in [9.17, 15) is 13.2 Å². The molecule has 0 radical (unpaired) electrons. The number of carbonyl (C=O) groups is 1. The molecule has 1 aliphatic heterocycles. The second-order valence-electron chi connectivity index (χ2n) is 6.97. The molecular weight excluding hydrogens is 388 g/mol. The van der Waals surface area contributed by atoms with E-state index in [4.69, 9.17) is 11.6 Å². The normalized spacial score (nSPS) is 18.8. The summed E-state index contributed by atoms with van der Waals surface area (Å²) in [5.74, 6) is 0.520. The fourth-order valence-corrected chi connectivity index (χ4v) is 4.41. The van der Waals surface area contributed by atoms with Gasteiger partial charge in [0, 0.05) is 26.2 Å². The first-order valence-electron chi connectivity index (χ1n) is 8.96. The Morgan fingerprint density at radius 3 is 2.63 bits per heavy atom. The molecule has 150 valence electrons. The van der Waals surface area contributed by atoms with Crippen molar-refractivity contribution in [3.05, 3.63) is 34.9 Å². The molecule has 9 heteroatoms. The minimum absolute atomic E-state index is 0.105. The lowest BCUT2D eigenvalue weighted by molar-refractivity contribution is 0.0955. The van der Waals surface area contributed by atoms with Crippen LogP contribution in [-0.2, 0) is 9.84 Å². The van der Waals surface area contributed by atoms with Crippen molar-refractivity contribution in [2.75, 3.05) is 38.5 Å². The molecule has 0 bridgehead atoms. The van der Waals surface area contributed by atoms with Gasteiger partial charge in [-0.15, -0.1) is 0 Å². The van der Waals surface area contributed by atoms with E-state index in [1.165, 1.54) is 0 Å². The lowest BCUT2D eigenvalue weighted by Gasteiger charge is -2.39. The number of halogens is 1. The molecule has 2 rings (SSSR count). The van der Waals surface area contributed by atoms with Crippen LogP contribution in [0.25, 0.3) is 0 Å². The smallest absolute Gasteiger partial charge is 0.252 e. The van der Waals surface area contributed by atoms with Gasteiger partial charge >= 0.3 is 0 Å². The summed E-state index contributed by atoms with van der Waals surface area (Å²) in [5.41, 5.74) is 0.429. The number of hydrogen-bond donors (Lipinski definition) is 2. The second kappa shape index (κ2) is 8.93. The van der Waals surface area contributed by atoms with E-state index in [-0.39, 0.29) is 11.7 Å². The zero-order valence-electron chi connectivity index (χ0n) is 16.0. The molecule has 0 atom stereocenters. The van der Waals surface area contributed by atoms with Crippen LogP contribution in [0.3, 0.4) is 0 Å². The first-order chi connectivity index (χ1) is 12.7. The standard InChI is InChI=1S/C18H27ClN4O3S/c1-4-20-17(23-11-12-27(25,26)18(2,3)13-23)22-10-9-21-16(24)14-7-5-6-8-15(14)19/h5-8H,4,9-13H2,1-3H3,(H,20,22)(H,21,24). The highest BCUT2D eigenvalue weighted by atomic mass is 35.5. The van der Waals surface area contributed by atoms with Gasteiger partial charge in [0.1, 0.15) is 0 Å². The Morgan fingerprint density at radius 2 is 2.00 bits per heavy atom. The van der Waals surface area contributed by atoms with E-state index < -0.39 is 14.6 Å². The highest BCUT2D eigenvalue weighted by Gasteiger charge is 2.40. The van der Waals surface area contributed by atoms with Gasteiger partial charge in [0.25, 0.3) is 5.91 Å². The van der Waals surface area contributed by atoms with Gasteiger partial charge < -0.3 is 15.5 Å².